The summed E-state index contributed by atoms with van der Waals surface area (Å²) in [4.78, 5) is 4.08. The van der Waals surface area contributed by atoms with Gasteiger partial charge in [0, 0.05) is 30.1 Å². The summed E-state index contributed by atoms with van der Waals surface area (Å²) in [7, 11) is 0. The number of nitrogens with one attached hydrogen (secondary N) is 1. The maximum atomic E-state index is 3.62. The molecule has 3 atom stereocenters. The number of likely N-dealkylation sites (tertiary alicyclic amines) is 1. The van der Waals surface area contributed by atoms with Crippen molar-refractivity contribution >= 4 is 27.3 Å². The van der Waals surface area contributed by atoms with E-state index < -0.39 is 0 Å². The van der Waals surface area contributed by atoms with Crippen LogP contribution in [-0.4, -0.2) is 30.1 Å². The van der Waals surface area contributed by atoms with Crippen LogP contribution in [0.15, 0.2) is 15.9 Å². The van der Waals surface area contributed by atoms with Crippen LogP contribution in [0.2, 0.25) is 0 Å². The number of rotatable bonds is 4. The van der Waals surface area contributed by atoms with E-state index in [1.54, 1.807) is 0 Å². The van der Waals surface area contributed by atoms with Gasteiger partial charge in [-0.05, 0) is 53.9 Å². The summed E-state index contributed by atoms with van der Waals surface area (Å²) < 4.78 is 1.24. The second-order valence-electron chi connectivity index (χ2n) is 5.23. The summed E-state index contributed by atoms with van der Waals surface area (Å²) in [6.07, 6.45) is 1.27. The van der Waals surface area contributed by atoms with E-state index in [0.717, 1.165) is 19.0 Å². The van der Waals surface area contributed by atoms with Crippen LogP contribution in [0.1, 0.15) is 32.1 Å². The van der Waals surface area contributed by atoms with Crippen LogP contribution in [-0.2, 0) is 6.54 Å². The fraction of sp³-hybridized carbons (Fsp3) is 0.714. The second-order valence-corrected chi connectivity index (χ2v) is 7.78. The van der Waals surface area contributed by atoms with Gasteiger partial charge in [0.25, 0.3) is 0 Å². The Morgan fingerprint density at radius 1 is 1.44 bits per heavy atom. The molecule has 1 fully saturated rings. The first-order chi connectivity index (χ1) is 8.61. The predicted octanol–water partition coefficient (Wildman–Crippen LogP) is 3.72. The van der Waals surface area contributed by atoms with E-state index in [1.165, 1.54) is 21.6 Å². The largest absolute Gasteiger partial charge is 0.314 e. The highest BCUT2D eigenvalue weighted by Gasteiger charge is 2.31. The van der Waals surface area contributed by atoms with E-state index in [0.29, 0.717) is 12.1 Å². The normalized spacial score (nSPS) is 29.7. The molecule has 0 amide bonds. The lowest BCUT2D eigenvalue weighted by atomic mass is 9.87. The fourth-order valence-corrected chi connectivity index (χ4v) is 4.36. The van der Waals surface area contributed by atoms with E-state index in [9.17, 15) is 0 Å². The smallest absolute Gasteiger partial charge is 0.0701 e. The summed E-state index contributed by atoms with van der Waals surface area (Å²) in [5, 5.41) is 3.62. The van der Waals surface area contributed by atoms with Gasteiger partial charge in [-0.15, -0.1) is 11.3 Å². The van der Waals surface area contributed by atoms with E-state index in [4.69, 9.17) is 0 Å². The van der Waals surface area contributed by atoms with Crippen molar-refractivity contribution in [3.63, 3.8) is 0 Å². The van der Waals surface area contributed by atoms with Crippen LogP contribution in [0, 0.1) is 5.92 Å². The van der Waals surface area contributed by atoms with Crippen LogP contribution >= 0.6 is 27.3 Å². The minimum atomic E-state index is 0.656. The Labute approximate surface area is 123 Å². The Morgan fingerprint density at radius 2 is 2.22 bits per heavy atom. The maximum absolute atomic E-state index is 3.62. The summed E-state index contributed by atoms with van der Waals surface area (Å²) in [5.41, 5.74) is 0. The molecule has 1 N–H and O–H groups in total. The van der Waals surface area contributed by atoms with Crippen molar-refractivity contribution in [1.82, 2.24) is 10.2 Å². The maximum Gasteiger partial charge on any atom is 0.0701 e. The molecule has 18 heavy (non-hydrogen) atoms. The van der Waals surface area contributed by atoms with Crippen LogP contribution in [0.4, 0.5) is 0 Å². The van der Waals surface area contributed by atoms with Gasteiger partial charge in [0.05, 0.1) is 3.79 Å². The standard InChI is InChI=1S/C14H23BrN2S/c1-4-16-13-7-8-17(11(3)10(13)2)9-12-5-6-14(15)18-12/h5-6,10-11,13,16H,4,7-9H2,1-3H3. The first-order valence-corrected chi connectivity index (χ1v) is 8.44. The lowest BCUT2D eigenvalue weighted by molar-refractivity contribution is 0.0799. The Hall–Kier alpha value is 0.1000. The van der Waals surface area contributed by atoms with Crippen LogP contribution in [0.5, 0.6) is 0 Å². The molecule has 102 valence electrons. The minimum Gasteiger partial charge on any atom is -0.314 e. The second kappa shape index (κ2) is 6.51. The number of hydrogen-bond donors (Lipinski definition) is 1. The SMILES string of the molecule is CCNC1CCN(Cc2ccc(Br)s2)C(C)C1C. The predicted molar refractivity (Wildman–Crippen MR) is 83.1 cm³/mol. The molecule has 0 bridgehead atoms. The third kappa shape index (κ3) is 3.35. The number of hydrogen-bond acceptors (Lipinski definition) is 3. The van der Waals surface area contributed by atoms with Gasteiger partial charge in [0.15, 0.2) is 0 Å². The highest BCUT2D eigenvalue weighted by atomic mass is 79.9. The average Bonchev–Trinajstić information content (AvgIpc) is 2.75. The average molecular weight is 331 g/mol. The Bertz CT molecular complexity index is 380. The van der Waals surface area contributed by atoms with Crippen LogP contribution in [0.25, 0.3) is 0 Å². The lowest BCUT2D eigenvalue weighted by Crippen LogP contribution is -2.52. The zero-order valence-electron chi connectivity index (χ0n) is 11.4. The molecular formula is C14H23BrN2S. The molecule has 2 heterocycles. The monoisotopic (exact) mass is 330 g/mol. The molecule has 3 unspecified atom stereocenters. The van der Waals surface area contributed by atoms with Crippen molar-refractivity contribution in [2.24, 2.45) is 5.92 Å². The van der Waals surface area contributed by atoms with Crippen molar-refractivity contribution in [3.8, 4) is 0 Å². The zero-order chi connectivity index (χ0) is 13.1. The lowest BCUT2D eigenvalue weighted by Gasteiger charge is -2.42. The molecule has 0 aliphatic carbocycles. The molecule has 0 radical (unpaired) electrons. The van der Waals surface area contributed by atoms with E-state index >= 15 is 0 Å². The Morgan fingerprint density at radius 3 is 2.83 bits per heavy atom. The van der Waals surface area contributed by atoms with Crippen LogP contribution in [0.3, 0.4) is 0 Å². The third-order valence-corrected chi connectivity index (χ3v) is 5.76. The van der Waals surface area contributed by atoms with Gasteiger partial charge >= 0.3 is 0 Å². The molecule has 0 spiro atoms. The number of piperidine rings is 1. The molecule has 1 aromatic rings. The molecular weight excluding hydrogens is 308 g/mol. The minimum absolute atomic E-state index is 0.656. The van der Waals surface area contributed by atoms with Gasteiger partial charge in [0.2, 0.25) is 0 Å². The molecule has 2 nitrogen and oxygen atoms in total. The van der Waals surface area contributed by atoms with Gasteiger partial charge in [0.1, 0.15) is 0 Å². The van der Waals surface area contributed by atoms with E-state index in [2.05, 4.69) is 59.1 Å². The molecule has 1 aliphatic heterocycles. The van der Waals surface area contributed by atoms with Gasteiger partial charge in [-0.25, -0.2) is 0 Å². The molecule has 4 heteroatoms. The molecule has 0 saturated carbocycles. The number of thiophene rings is 1. The number of halogens is 1. The van der Waals surface area contributed by atoms with Crippen molar-refractivity contribution in [2.45, 2.75) is 45.8 Å². The van der Waals surface area contributed by atoms with Crippen molar-refractivity contribution in [2.75, 3.05) is 13.1 Å². The fourth-order valence-electron chi connectivity index (χ4n) is 2.85. The molecule has 2 rings (SSSR count). The van der Waals surface area contributed by atoms with E-state index in [-0.39, 0.29) is 0 Å². The number of nitrogens with zero attached hydrogens (tertiary/aromatic N) is 1. The van der Waals surface area contributed by atoms with E-state index in [1.807, 2.05) is 11.3 Å². The van der Waals surface area contributed by atoms with Gasteiger partial charge in [-0.2, -0.15) is 0 Å². The zero-order valence-corrected chi connectivity index (χ0v) is 13.9. The summed E-state index contributed by atoms with van der Waals surface area (Å²) >= 11 is 5.40. The topological polar surface area (TPSA) is 15.3 Å². The highest BCUT2D eigenvalue weighted by molar-refractivity contribution is 9.11. The molecule has 1 aliphatic rings. The van der Waals surface area contributed by atoms with Crippen molar-refractivity contribution < 1.29 is 0 Å². The quantitative estimate of drug-likeness (QED) is 0.905. The van der Waals surface area contributed by atoms with Gasteiger partial charge in [-0.3, -0.25) is 4.90 Å². The molecule has 0 aromatic carbocycles. The Kier molecular flexibility index (Phi) is 5.24. The summed E-state index contributed by atoms with van der Waals surface area (Å²) in [6.45, 7) is 10.3. The van der Waals surface area contributed by atoms with Crippen molar-refractivity contribution in [1.29, 1.82) is 0 Å². The molecule has 1 saturated heterocycles. The van der Waals surface area contributed by atoms with Crippen LogP contribution < -0.4 is 5.32 Å². The molecule has 1 aromatic heterocycles. The highest BCUT2D eigenvalue weighted by Crippen LogP contribution is 2.28. The van der Waals surface area contributed by atoms with Gasteiger partial charge in [-0.1, -0.05) is 13.8 Å². The summed E-state index contributed by atoms with van der Waals surface area (Å²) in [6, 6.07) is 5.74. The first kappa shape index (κ1) is 14.5. The third-order valence-electron chi connectivity index (χ3n) is 4.15. The first-order valence-electron chi connectivity index (χ1n) is 6.83. The Balaban J connectivity index is 1.95. The summed E-state index contributed by atoms with van der Waals surface area (Å²) in [5.74, 6) is 0.724. The van der Waals surface area contributed by atoms with Crippen molar-refractivity contribution in [3.05, 3.63) is 20.8 Å². The van der Waals surface area contributed by atoms with Gasteiger partial charge < -0.3 is 5.32 Å².